The Morgan fingerprint density at radius 1 is 1.57 bits per heavy atom. The van der Waals surface area contributed by atoms with Gasteiger partial charge in [-0.1, -0.05) is 0 Å². The Morgan fingerprint density at radius 2 is 2.43 bits per heavy atom. The van der Waals surface area contributed by atoms with Crippen molar-refractivity contribution in [2.75, 3.05) is 7.05 Å². The van der Waals surface area contributed by atoms with Crippen LogP contribution in [-0.4, -0.2) is 21.8 Å². The number of H-pyrrole nitrogens is 1. The Morgan fingerprint density at radius 3 is 3.07 bits per heavy atom. The number of nitrogens with zero attached hydrogens (tertiary/aromatic N) is 2. The van der Waals surface area contributed by atoms with Crippen LogP contribution in [-0.2, 0) is 13.6 Å². The maximum Gasteiger partial charge on any atom is 0.0611 e. The second-order valence-electron chi connectivity index (χ2n) is 3.24. The molecule has 2 N–H and O–H groups in total. The summed E-state index contributed by atoms with van der Waals surface area (Å²) in [4.78, 5) is 3.18. The predicted octanol–water partition coefficient (Wildman–Crippen LogP) is 1.13. The average Bonchev–Trinajstić information content (AvgIpc) is 2.77. The number of aromatic nitrogens is 3. The normalized spacial score (nSPS) is 10.7. The molecule has 2 rings (SSSR count). The van der Waals surface area contributed by atoms with Crippen molar-refractivity contribution in [2.45, 2.75) is 6.54 Å². The van der Waals surface area contributed by atoms with E-state index in [4.69, 9.17) is 0 Å². The van der Waals surface area contributed by atoms with Crippen LogP contribution in [0.1, 0.15) is 5.69 Å². The van der Waals surface area contributed by atoms with E-state index in [2.05, 4.69) is 21.5 Å². The average molecular weight is 190 g/mol. The molecule has 2 heterocycles. The van der Waals surface area contributed by atoms with Crippen molar-refractivity contribution in [1.29, 1.82) is 0 Å². The van der Waals surface area contributed by atoms with Gasteiger partial charge in [-0.15, -0.1) is 0 Å². The number of hydrogen-bond donors (Lipinski definition) is 2. The maximum atomic E-state index is 4.25. The topological polar surface area (TPSA) is 45.6 Å². The largest absolute Gasteiger partial charge is 0.361 e. The molecule has 74 valence electrons. The minimum Gasteiger partial charge on any atom is -0.361 e. The molecule has 0 bridgehead atoms. The van der Waals surface area contributed by atoms with Crippen LogP contribution in [0.25, 0.3) is 11.3 Å². The first-order chi connectivity index (χ1) is 6.83. The van der Waals surface area contributed by atoms with Gasteiger partial charge in [-0.2, -0.15) is 5.10 Å². The van der Waals surface area contributed by atoms with Crippen molar-refractivity contribution in [3.8, 4) is 11.3 Å². The molecule has 2 aromatic rings. The summed E-state index contributed by atoms with van der Waals surface area (Å²) in [5, 5.41) is 7.39. The molecule has 0 spiro atoms. The van der Waals surface area contributed by atoms with E-state index in [1.165, 1.54) is 5.69 Å². The molecular weight excluding hydrogens is 176 g/mol. The van der Waals surface area contributed by atoms with Crippen LogP contribution in [0.15, 0.2) is 24.5 Å². The van der Waals surface area contributed by atoms with E-state index in [-0.39, 0.29) is 0 Å². The fraction of sp³-hybridized carbons (Fsp3) is 0.300. The van der Waals surface area contributed by atoms with Gasteiger partial charge in [0.15, 0.2) is 0 Å². The maximum absolute atomic E-state index is 4.25. The van der Waals surface area contributed by atoms with E-state index in [9.17, 15) is 0 Å². The van der Waals surface area contributed by atoms with Gasteiger partial charge >= 0.3 is 0 Å². The molecule has 0 amide bonds. The lowest BCUT2D eigenvalue weighted by Gasteiger charge is -2.03. The summed E-state index contributed by atoms with van der Waals surface area (Å²) >= 11 is 0. The molecule has 14 heavy (non-hydrogen) atoms. The molecule has 2 aromatic heterocycles. The van der Waals surface area contributed by atoms with Gasteiger partial charge < -0.3 is 10.3 Å². The molecule has 0 saturated heterocycles. The van der Waals surface area contributed by atoms with E-state index >= 15 is 0 Å². The number of rotatable bonds is 3. The quantitative estimate of drug-likeness (QED) is 0.762. The minimum absolute atomic E-state index is 0.824. The van der Waals surface area contributed by atoms with E-state index in [1.54, 1.807) is 0 Å². The van der Waals surface area contributed by atoms with Crippen LogP contribution in [0.5, 0.6) is 0 Å². The summed E-state index contributed by atoms with van der Waals surface area (Å²) < 4.78 is 1.90. The molecule has 0 aromatic carbocycles. The standard InChI is InChI=1S/C10H14N4/c1-11-7-10-8(6-13-14(10)2)9-4-3-5-12-9/h3-6,11-12H,7H2,1-2H3. The summed E-state index contributed by atoms with van der Waals surface area (Å²) in [6.45, 7) is 0.824. The summed E-state index contributed by atoms with van der Waals surface area (Å²) in [5.74, 6) is 0. The van der Waals surface area contributed by atoms with E-state index < -0.39 is 0 Å². The monoisotopic (exact) mass is 190 g/mol. The van der Waals surface area contributed by atoms with Gasteiger partial charge in [0.25, 0.3) is 0 Å². The lowest BCUT2D eigenvalue weighted by Crippen LogP contribution is -2.10. The Kier molecular flexibility index (Phi) is 2.37. The number of aromatic amines is 1. The van der Waals surface area contributed by atoms with Gasteiger partial charge in [0, 0.05) is 31.0 Å². The van der Waals surface area contributed by atoms with E-state index in [1.807, 2.05) is 37.2 Å². The zero-order valence-corrected chi connectivity index (χ0v) is 8.41. The summed E-state index contributed by atoms with van der Waals surface area (Å²) in [7, 11) is 3.89. The van der Waals surface area contributed by atoms with Crippen LogP contribution in [0.2, 0.25) is 0 Å². The van der Waals surface area contributed by atoms with Gasteiger partial charge in [0.05, 0.1) is 11.9 Å². The highest BCUT2D eigenvalue weighted by atomic mass is 15.3. The molecule has 0 radical (unpaired) electrons. The van der Waals surface area contributed by atoms with Crippen molar-refractivity contribution < 1.29 is 0 Å². The molecule has 0 aliphatic heterocycles. The van der Waals surface area contributed by atoms with Crippen LogP contribution in [0.4, 0.5) is 0 Å². The smallest absolute Gasteiger partial charge is 0.0611 e. The molecular formula is C10H14N4. The second kappa shape index (κ2) is 3.67. The molecule has 4 heteroatoms. The number of aryl methyl sites for hydroxylation is 1. The van der Waals surface area contributed by atoms with Crippen LogP contribution >= 0.6 is 0 Å². The molecule has 0 fully saturated rings. The fourth-order valence-corrected chi connectivity index (χ4v) is 1.56. The molecule has 0 aliphatic rings. The Hall–Kier alpha value is -1.55. The fourth-order valence-electron chi connectivity index (χ4n) is 1.56. The van der Waals surface area contributed by atoms with Crippen molar-refractivity contribution in [3.63, 3.8) is 0 Å². The third kappa shape index (κ3) is 1.44. The van der Waals surface area contributed by atoms with Gasteiger partial charge in [0.2, 0.25) is 0 Å². The zero-order valence-electron chi connectivity index (χ0n) is 8.41. The summed E-state index contributed by atoms with van der Waals surface area (Å²) in [5.41, 5.74) is 3.46. The first-order valence-electron chi connectivity index (χ1n) is 4.62. The molecule has 0 aliphatic carbocycles. The van der Waals surface area contributed by atoms with Gasteiger partial charge in [0.1, 0.15) is 0 Å². The van der Waals surface area contributed by atoms with Crippen molar-refractivity contribution in [3.05, 3.63) is 30.2 Å². The van der Waals surface area contributed by atoms with Crippen LogP contribution in [0.3, 0.4) is 0 Å². The SMILES string of the molecule is CNCc1c(-c2ccc[nH]2)cnn1C. The highest BCUT2D eigenvalue weighted by Crippen LogP contribution is 2.20. The molecule has 4 nitrogen and oxygen atoms in total. The first kappa shape index (κ1) is 9.02. The van der Waals surface area contributed by atoms with Crippen molar-refractivity contribution in [1.82, 2.24) is 20.1 Å². The van der Waals surface area contributed by atoms with Gasteiger partial charge in [-0.05, 0) is 19.2 Å². The van der Waals surface area contributed by atoms with E-state index in [0.29, 0.717) is 0 Å². The van der Waals surface area contributed by atoms with Crippen molar-refractivity contribution in [2.24, 2.45) is 7.05 Å². The van der Waals surface area contributed by atoms with Gasteiger partial charge in [-0.25, -0.2) is 0 Å². The minimum atomic E-state index is 0.824. The lowest BCUT2D eigenvalue weighted by atomic mass is 10.2. The highest BCUT2D eigenvalue weighted by Gasteiger charge is 2.09. The van der Waals surface area contributed by atoms with Crippen molar-refractivity contribution >= 4 is 0 Å². The molecule has 0 atom stereocenters. The number of hydrogen-bond acceptors (Lipinski definition) is 2. The Labute approximate surface area is 82.9 Å². The lowest BCUT2D eigenvalue weighted by molar-refractivity contribution is 0.673. The third-order valence-electron chi connectivity index (χ3n) is 2.29. The van der Waals surface area contributed by atoms with Gasteiger partial charge in [-0.3, -0.25) is 4.68 Å². The molecule has 0 unspecified atom stereocenters. The predicted molar refractivity (Wildman–Crippen MR) is 55.8 cm³/mol. The van der Waals surface area contributed by atoms with Crippen LogP contribution in [0, 0.1) is 0 Å². The second-order valence-corrected chi connectivity index (χ2v) is 3.24. The van der Waals surface area contributed by atoms with E-state index in [0.717, 1.165) is 17.8 Å². The van der Waals surface area contributed by atoms with Crippen LogP contribution < -0.4 is 5.32 Å². The Bertz CT molecular complexity index is 400. The molecule has 0 saturated carbocycles. The Balaban J connectivity index is 2.43. The zero-order chi connectivity index (χ0) is 9.97. The highest BCUT2D eigenvalue weighted by molar-refractivity contribution is 5.61. The first-order valence-corrected chi connectivity index (χ1v) is 4.62. The summed E-state index contributed by atoms with van der Waals surface area (Å²) in [6, 6.07) is 4.04. The number of nitrogens with one attached hydrogen (secondary N) is 2. The summed E-state index contributed by atoms with van der Waals surface area (Å²) in [6.07, 6.45) is 3.81. The third-order valence-corrected chi connectivity index (χ3v) is 2.29.